The van der Waals surface area contributed by atoms with Crippen molar-refractivity contribution in [3.63, 3.8) is 0 Å². The summed E-state index contributed by atoms with van der Waals surface area (Å²) in [5.41, 5.74) is -3.50. The first-order valence-electron chi connectivity index (χ1n) is 13.3. The molecule has 2 aromatic carbocycles. The molecule has 0 spiro atoms. The van der Waals surface area contributed by atoms with Crippen molar-refractivity contribution in [2.24, 2.45) is 5.92 Å². The lowest BCUT2D eigenvalue weighted by Gasteiger charge is -2.33. The fourth-order valence-corrected chi connectivity index (χ4v) is 5.84. The highest BCUT2D eigenvalue weighted by atomic mass is 35.5. The number of benzene rings is 2. The molecule has 3 aromatic rings. The molecule has 1 N–H and O–H groups in total. The lowest BCUT2D eigenvalue weighted by molar-refractivity contribution is -0.154. The van der Waals surface area contributed by atoms with Gasteiger partial charge in [0.25, 0.3) is 31.7 Å². The Balaban J connectivity index is 1.87. The van der Waals surface area contributed by atoms with E-state index in [1.165, 1.54) is 19.1 Å². The summed E-state index contributed by atoms with van der Waals surface area (Å²) in [6.45, 7) is -1.25. The molecule has 1 saturated heterocycles. The van der Waals surface area contributed by atoms with E-state index in [0.29, 0.717) is 15.2 Å². The second-order valence-corrected chi connectivity index (χ2v) is 14.2. The number of aliphatic hydroxyl groups excluding tert-OH is 1. The Labute approximate surface area is 263 Å². The van der Waals surface area contributed by atoms with Gasteiger partial charge in [-0.3, -0.25) is 22.5 Å². The third-order valence-electron chi connectivity index (χ3n) is 7.00. The average molecular weight is 687 g/mol. The topological polar surface area (TPSA) is 186 Å². The maximum absolute atomic E-state index is 13.8. The van der Waals surface area contributed by atoms with Crippen LogP contribution in [-0.2, 0) is 44.7 Å². The van der Waals surface area contributed by atoms with Gasteiger partial charge in [0.05, 0.1) is 31.6 Å². The Hall–Kier alpha value is -3.22. The quantitative estimate of drug-likeness (QED) is 0.268. The zero-order valence-electron chi connectivity index (χ0n) is 24.4. The number of aromatic nitrogens is 2. The van der Waals surface area contributed by atoms with Crippen LogP contribution in [0, 0.1) is 12.8 Å². The minimum absolute atomic E-state index is 0.0431. The van der Waals surface area contributed by atoms with Crippen LogP contribution >= 0.6 is 11.6 Å². The highest BCUT2D eigenvalue weighted by Gasteiger charge is 2.58. The first-order valence-corrected chi connectivity index (χ1v) is 17.3. The van der Waals surface area contributed by atoms with Gasteiger partial charge in [-0.1, -0.05) is 41.9 Å². The van der Waals surface area contributed by atoms with Gasteiger partial charge in [0.15, 0.2) is 0 Å². The van der Waals surface area contributed by atoms with Gasteiger partial charge in [0.1, 0.15) is 31.1 Å². The molecule has 0 aliphatic carbocycles. The number of aliphatic hydroxyl groups is 1. The van der Waals surface area contributed by atoms with Crippen LogP contribution in [0.1, 0.15) is 27.7 Å². The zero-order valence-corrected chi connectivity index (χ0v) is 26.7. The molecule has 17 heteroatoms. The third kappa shape index (κ3) is 8.14. The van der Waals surface area contributed by atoms with Crippen molar-refractivity contribution in [2.75, 3.05) is 32.3 Å². The number of hydrogen-bond donors (Lipinski definition) is 1. The van der Waals surface area contributed by atoms with Gasteiger partial charge in [0.2, 0.25) is 0 Å². The van der Waals surface area contributed by atoms with Crippen LogP contribution in [0.3, 0.4) is 0 Å². The van der Waals surface area contributed by atoms with Crippen LogP contribution in [0.4, 0.5) is 0 Å². The van der Waals surface area contributed by atoms with E-state index in [2.05, 4.69) is 0 Å². The second-order valence-electron chi connectivity index (χ2n) is 10.5. The summed E-state index contributed by atoms with van der Waals surface area (Å²) in [5, 5.41) is 11.1. The van der Waals surface area contributed by atoms with E-state index in [4.69, 9.17) is 29.4 Å². The number of aryl methyl sites for hydroxylation is 1. The molecule has 4 rings (SSSR count). The molecule has 14 nitrogen and oxygen atoms in total. The Bertz CT molecular complexity index is 1840. The van der Waals surface area contributed by atoms with Gasteiger partial charge >= 0.3 is 5.69 Å². The number of nitrogens with zero attached hydrogens (tertiary/aromatic N) is 2. The van der Waals surface area contributed by atoms with Crippen LogP contribution in [0.5, 0.6) is 0 Å². The summed E-state index contributed by atoms with van der Waals surface area (Å²) in [6, 6.07) is 14.1. The van der Waals surface area contributed by atoms with Gasteiger partial charge in [-0.15, -0.1) is 0 Å². The molecule has 1 fully saturated rings. The van der Waals surface area contributed by atoms with Crippen LogP contribution in [-0.4, -0.2) is 81.0 Å². The Morgan fingerprint density at radius 1 is 0.978 bits per heavy atom. The smallest absolute Gasteiger partial charge is 0.340 e. The fourth-order valence-electron chi connectivity index (χ4n) is 4.88. The van der Waals surface area contributed by atoms with Gasteiger partial charge < -0.3 is 14.6 Å². The molecule has 1 aromatic heterocycles. The molecule has 0 saturated carbocycles. The maximum Gasteiger partial charge on any atom is 0.340 e. The van der Waals surface area contributed by atoms with Crippen molar-refractivity contribution in [3.8, 4) is 0 Å². The van der Waals surface area contributed by atoms with Crippen molar-refractivity contribution in [1.82, 2.24) is 9.13 Å². The molecule has 45 heavy (non-hydrogen) atoms. The molecule has 1 unspecified atom stereocenters. The Morgan fingerprint density at radius 2 is 1.56 bits per heavy atom. The van der Waals surface area contributed by atoms with E-state index in [1.807, 2.05) is 0 Å². The highest BCUT2D eigenvalue weighted by molar-refractivity contribution is 7.86. The van der Waals surface area contributed by atoms with Crippen LogP contribution < -0.4 is 11.2 Å². The third-order valence-corrected chi connectivity index (χ3v) is 8.34. The maximum atomic E-state index is 13.8. The van der Waals surface area contributed by atoms with E-state index in [-0.39, 0.29) is 17.7 Å². The van der Waals surface area contributed by atoms with Gasteiger partial charge in [-0.05, 0) is 36.8 Å². The number of carbonyl (C=O) groups excluding carboxylic acids is 1. The normalized spacial score (nSPS) is 19.9. The van der Waals surface area contributed by atoms with E-state index in [9.17, 15) is 36.3 Å². The fraction of sp³-hybridized carbons (Fsp3) is 0.393. The van der Waals surface area contributed by atoms with E-state index < -0.39 is 81.1 Å². The van der Waals surface area contributed by atoms with Crippen molar-refractivity contribution in [3.05, 3.63) is 103 Å². The summed E-state index contributed by atoms with van der Waals surface area (Å²) < 4.78 is 72.0. The van der Waals surface area contributed by atoms with Crippen molar-refractivity contribution < 1.29 is 44.6 Å². The molecule has 0 radical (unpaired) electrons. The van der Waals surface area contributed by atoms with Crippen molar-refractivity contribution in [2.45, 2.75) is 31.5 Å². The molecule has 1 aliphatic rings. The molecular weight excluding hydrogens is 656 g/mol. The average Bonchev–Trinajstić information content (AvgIpc) is 3.29. The summed E-state index contributed by atoms with van der Waals surface area (Å²) in [6.07, 6.45) is -0.261. The standard InChI is InChI=1S/C28H31ClN2O12S2/c1-18-13-30(27(35)31(24(18)33)25(34)20-7-5-4-6-8-20)26-22(14-32)23(40-15-19-9-11-21(29)12-10-19)28(43-26,16-41-44(2,36)37)17-42-45(3,38)39/h4-13,22-23,26,32H,14-17H2,1-3H3/t22-,23+,26?/m1/s1. The van der Waals surface area contributed by atoms with Crippen LogP contribution in [0.2, 0.25) is 5.02 Å². The van der Waals surface area contributed by atoms with Crippen LogP contribution in [0.15, 0.2) is 70.4 Å². The number of hydrogen-bond acceptors (Lipinski definition) is 12. The molecule has 0 bridgehead atoms. The van der Waals surface area contributed by atoms with Gasteiger partial charge in [0, 0.05) is 22.3 Å². The van der Waals surface area contributed by atoms with E-state index >= 15 is 0 Å². The van der Waals surface area contributed by atoms with Crippen molar-refractivity contribution >= 4 is 37.7 Å². The Morgan fingerprint density at radius 3 is 2.09 bits per heavy atom. The summed E-state index contributed by atoms with van der Waals surface area (Å²) in [4.78, 5) is 40.2. The molecule has 2 heterocycles. The zero-order chi connectivity index (χ0) is 33.2. The van der Waals surface area contributed by atoms with Crippen molar-refractivity contribution in [1.29, 1.82) is 0 Å². The number of carbonyl (C=O) groups is 1. The molecule has 0 amide bonds. The lowest BCUT2D eigenvalue weighted by atomic mass is 9.90. The minimum atomic E-state index is -4.15. The molecule has 244 valence electrons. The number of ether oxygens (including phenoxy) is 2. The molecule has 3 atom stereocenters. The highest BCUT2D eigenvalue weighted by Crippen LogP contribution is 2.44. The Kier molecular flexibility index (Phi) is 10.5. The minimum Gasteiger partial charge on any atom is -0.396 e. The predicted octanol–water partition coefficient (Wildman–Crippen LogP) is 1.07. The molecular formula is C28H31ClN2O12S2. The monoisotopic (exact) mass is 686 g/mol. The first kappa shape index (κ1) is 34.6. The predicted molar refractivity (Wildman–Crippen MR) is 161 cm³/mol. The largest absolute Gasteiger partial charge is 0.396 e. The summed E-state index contributed by atoms with van der Waals surface area (Å²) in [5.74, 6) is -2.14. The van der Waals surface area contributed by atoms with Gasteiger partial charge in [-0.25, -0.2) is 4.79 Å². The van der Waals surface area contributed by atoms with Gasteiger partial charge in [-0.2, -0.15) is 21.4 Å². The summed E-state index contributed by atoms with van der Waals surface area (Å²) in [7, 11) is -8.30. The van der Waals surface area contributed by atoms with Crippen LogP contribution in [0.25, 0.3) is 0 Å². The number of rotatable bonds is 12. The van der Waals surface area contributed by atoms with E-state index in [0.717, 1.165) is 23.3 Å². The first-order chi connectivity index (χ1) is 21.0. The molecule has 1 aliphatic heterocycles. The SMILES string of the molecule is Cc1cn(C2OC(COS(C)(=O)=O)(COS(C)(=O)=O)[C@@H](OCc3ccc(Cl)cc3)[C@H]2CO)c(=O)n(C(=O)c2ccccc2)c1=O. The number of halogens is 1. The van der Waals surface area contributed by atoms with E-state index in [1.54, 1.807) is 42.5 Å². The summed E-state index contributed by atoms with van der Waals surface area (Å²) >= 11 is 5.98. The lowest BCUT2D eigenvalue weighted by Crippen LogP contribution is -2.52. The second kappa shape index (κ2) is 13.6.